The molecule has 0 amide bonds. The summed E-state index contributed by atoms with van der Waals surface area (Å²) in [6.07, 6.45) is 0. The van der Waals surface area contributed by atoms with Gasteiger partial charge in [0.15, 0.2) is 0 Å². The van der Waals surface area contributed by atoms with Crippen molar-refractivity contribution in [3.63, 3.8) is 0 Å². The molecule has 6 N–H and O–H groups in total. The molecule has 2 bridgehead atoms. The zero-order valence-electron chi connectivity index (χ0n) is 5.94. The van der Waals surface area contributed by atoms with E-state index in [9.17, 15) is 0 Å². The summed E-state index contributed by atoms with van der Waals surface area (Å²) in [4.78, 5) is 3.15. The van der Waals surface area contributed by atoms with Crippen molar-refractivity contribution in [3.8, 4) is 0 Å². The smallest absolute Gasteiger partial charge is 0.0649 e. The highest BCUT2D eigenvalue weighted by molar-refractivity contribution is 5.84. The fourth-order valence-corrected chi connectivity index (χ4v) is 1.20. The third-order valence-electron chi connectivity index (χ3n) is 1.64. The monoisotopic (exact) mass is 137 g/mol. The predicted octanol–water partition coefficient (Wildman–Crippen LogP) is 1.66. The first-order chi connectivity index (χ1) is 4.27. The predicted molar refractivity (Wildman–Crippen MR) is 43.7 cm³/mol. The fourth-order valence-electron chi connectivity index (χ4n) is 1.20. The molecule has 0 unspecified atom stereocenters. The summed E-state index contributed by atoms with van der Waals surface area (Å²) >= 11 is 0. The number of hydrogen-bond donors (Lipinski definition) is 3. The van der Waals surface area contributed by atoms with E-state index in [1.165, 1.54) is 5.56 Å². The summed E-state index contributed by atoms with van der Waals surface area (Å²) in [6.45, 7) is 2.05. The summed E-state index contributed by atoms with van der Waals surface area (Å²) in [5.74, 6) is 0. The molecule has 0 aromatic carbocycles. The van der Waals surface area contributed by atoms with E-state index in [4.69, 9.17) is 5.73 Å². The lowest BCUT2D eigenvalue weighted by molar-refractivity contribution is 1.54. The number of benzene rings is 1. The Balaban J connectivity index is 0.000000500. The molecule has 10 heavy (non-hydrogen) atoms. The molecule has 0 saturated carbocycles. The maximum atomic E-state index is 5.61. The van der Waals surface area contributed by atoms with Crippen LogP contribution in [0.1, 0.15) is 5.56 Å². The van der Waals surface area contributed by atoms with Gasteiger partial charge in [0.05, 0.1) is 11.2 Å². The van der Waals surface area contributed by atoms with Gasteiger partial charge in [-0.05, 0) is 24.6 Å². The van der Waals surface area contributed by atoms with E-state index >= 15 is 0 Å². The zero-order chi connectivity index (χ0) is 6.43. The van der Waals surface area contributed by atoms with Crippen LogP contribution in [-0.4, -0.2) is 4.98 Å². The van der Waals surface area contributed by atoms with E-state index in [1.54, 1.807) is 0 Å². The molecule has 0 aliphatic carbocycles. The van der Waals surface area contributed by atoms with Crippen LogP contribution in [0.5, 0.6) is 0 Å². The average Bonchev–Trinajstić information content (AvgIpc) is 2.22. The highest BCUT2D eigenvalue weighted by Gasteiger charge is 2.02. The molecule has 0 radical (unpaired) electrons. The van der Waals surface area contributed by atoms with Gasteiger partial charge in [-0.25, -0.2) is 0 Å². The molecule has 0 atom stereocenters. The Bertz CT molecular complexity index is 297. The second kappa shape index (κ2) is 1.88. The van der Waals surface area contributed by atoms with Crippen molar-refractivity contribution >= 4 is 16.7 Å². The van der Waals surface area contributed by atoms with Crippen LogP contribution in [0, 0.1) is 6.92 Å². The SMILES string of the molecule is Cc1cc2cc(N)c1[nH]2.N. The van der Waals surface area contributed by atoms with Crippen molar-refractivity contribution in [2.75, 3.05) is 5.73 Å². The van der Waals surface area contributed by atoms with Crippen LogP contribution in [0.3, 0.4) is 0 Å². The van der Waals surface area contributed by atoms with Gasteiger partial charge in [-0.1, -0.05) is 0 Å². The molecule has 0 fully saturated rings. The lowest BCUT2D eigenvalue weighted by atomic mass is 10.2. The summed E-state index contributed by atoms with van der Waals surface area (Å²) < 4.78 is 0. The molecule has 2 aromatic heterocycles. The van der Waals surface area contributed by atoms with Gasteiger partial charge in [0, 0.05) is 5.52 Å². The van der Waals surface area contributed by atoms with Crippen LogP contribution in [0.15, 0.2) is 12.1 Å². The van der Waals surface area contributed by atoms with Crippen LogP contribution in [0.4, 0.5) is 5.69 Å². The normalized spacial score (nSPS) is 10.1. The van der Waals surface area contributed by atoms with Crippen molar-refractivity contribution in [1.29, 1.82) is 0 Å². The van der Waals surface area contributed by atoms with Gasteiger partial charge in [-0.3, -0.25) is 0 Å². The molecule has 0 aliphatic heterocycles. The Labute approximate surface area is 59.1 Å². The van der Waals surface area contributed by atoms with E-state index in [1.807, 2.05) is 6.07 Å². The van der Waals surface area contributed by atoms with Gasteiger partial charge in [-0.2, -0.15) is 0 Å². The van der Waals surface area contributed by atoms with Crippen molar-refractivity contribution in [2.45, 2.75) is 6.92 Å². The number of hydrogen-bond acceptors (Lipinski definition) is 2. The molecular formula is C7H11N3. The molecule has 3 nitrogen and oxygen atoms in total. The fraction of sp³-hybridized carbons (Fsp3) is 0.143. The van der Waals surface area contributed by atoms with Crippen LogP contribution < -0.4 is 11.9 Å². The van der Waals surface area contributed by atoms with Crippen LogP contribution in [0.2, 0.25) is 0 Å². The first kappa shape index (κ1) is 6.89. The molecular weight excluding hydrogens is 126 g/mol. The minimum absolute atomic E-state index is 0. The van der Waals surface area contributed by atoms with Crippen molar-refractivity contribution in [3.05, 3.63) is 17.7 Å². The second-order valence-electron chi connectivity index (χ2n) is 2.38. The third kappa shape index (κ3) is 0.642. The topological polar surface area (TPSA) is 76.8 Å². The number of H-pyrrole nitrogens is 1. The van der Waals surface area contributed by atoms with Crippen molar-refractivity contribution in [1.82, 2.24) is 11.1 Å². The Hall–Kier alpha value is -1.22. The molecule has 0 saturated heterocycles. The number of fused-ring (bicyclic) bond motifs is 2. The first-order valence-corrected chi connectivity index (χ1v) is 2.94. The number of aromatic amines is 1. The molecule has 0 spiro atoms. The summed E-state index contributed by atoms with van der Waals surface area (Å²) in [5.41, 5.74) is 9.93. The largest absolute Gasteiger partial charge is 0.397 e. The van der Waals surface area contributed by atoms with Gasteiger partial charge in [0.25, 0.3) is 0 Å². The van der Waals surface area contributed by atoms with Crippen LogP contribution in [0.25, 0.3) is 11.0 Å². The van der Waals surface area contributed by atoms with Crippen molar-refractivity contribution in [2.24, 2.45) is 0 Å². The van der Waals surface area contributed by atoms with Gasteiger partial charge >= 0.3 is 0 Å². The number of aromatic nitrogens is 1. The Morgan fingerprint density at radius 2 is 2.10 bits per heavy atom. The molecule has 3 heteroatoms. The maximum absolute atomic E-state index is 5.61. The second-order valence-corrected chi connectivity index (χ2v) is 2.38. The first-order valence-electron chi connectivity index (χ1n) is 2.94. The highest BCUT2D eigenvalue weighted by Crippen LogP contribution is 2.23. The minimum atomic E-state index is 0. The number of aryl methyl sites for hydroxylation is 1. The van der Waals surface area contributed by atoms with E-state index in [-0.39, 0.29) is 6.15 Å². The average molecular weight is 137 g/mol. The van der Waals surface area contributed by atoms with E-state index in [0.29, 0.717) is 0 Å². The Morgan fingerprint density at radius 3 is 2.40 bits per heavy atom. The van der Waals surface area contributed by atoms with Crippen LogP contribution in [-0.2, 0) is 0 Å². The Kier molecular flexibility index (Phi) is 1.30. The lowest BCUT2D eigenvalue weighted by Crippen LogP contribution is -1.82. The van der Waals surface area contributed by atoms with E-state index in [0.717, 1.165) is 16.7 Å². The quantitative estimate of drug-likeness (QED) is 0.483. The molecule has 0 aliphatic rings. The number of rotatable bonds is 0. The molecule has 2 heterocycles. The molecule has 2 rings (SSSR count). The van der Waals surface area contributed by atoms with Gasteiger partial charge in [0.1, 0.15) is 0 Å². The molecule has 54 valence electrons. The highest BCUT2D eigenvalue weighted by atomic mass is 14.8. The summed E-state index contributed by atoms with van der Waals surface area (Å²) in [5, 5.41) is 0. The Morgan fingerprint density at radius 1 is 1.40 bits per heavy atom. The summed E-state index contributed by atoms with van der Waals surface area (Å²) in [7, 11) is 0. The third-order valence-corrected chi connectivity index (χ3v) is 1.64. The van der Waals surface area contributed by atoms with Gasteiger partial charge < -0.3 is 16.9 Å². The number of nitrogens with two attached hydrogens (primary N) is 1. The maximum Gasteiger partial charge on any atom is 0.0649 e. The zero-order valence-corrected chi connectivity index (χ0v) is 5.94. The van der Waals surface area contributed by atoms with Crippen molar-refractivity contribution < 1.29 is 0 Å². The van der Waals surface area contributed by atoms with Crippen LogP contribution >= 0.6 is 0 Å². The minimum Gasteiger partial charge on any atom is -0.397 e. The number of nitrogen functional groups attached to an aromatic ring is 1. The van der Waals surface area contributed by atoms with E-state index in [2.05, 4.69) is 18.0 Å². The van der Waals surface area contributed by atoms with E-state index < -0.39 is 0 Å². The number of nitrogens with one attached hydrogen (secondary N) is 1. The van der Waals surface area contributed by atoms with Gasteiger partial charge in [0.2, 0.25) is 0 Å². The number of anilines is 1. The standard InChI is InChI=1S/C7H8N2.H3N/c1-4-2-5-3-6(8)7(4)9-5;/h2-3,9H,8H2,1H3;1H3. The van der Waals surface area contributed by atoms with Gasteiger partial charge in [-0.15, -0.1) is 0 Å². The lowest BCUT2D eigenvalue weighted by Gasteiger charge is -1.88. The molecule has 2 aromatic rings. The summed E-state index contributed by atoms with van der Waals surface area (Å²) in [6, 6.07) is 4.04.